The van der Waals surface area contributed by atoms with E-state index in [1.807, 2.05) is 0 Å². The van der Waals surface area contributed by atoms with Gasteiger partial charge in [-0.05, 0) is 117 Å². The third-order valence-electron chi connectivity index (χ3n) is 11.9. The second kappa shape index (κ2) is 9.64. The van der Waals surface area contributed by atoms with Crippen LogP contribution < -0.4 is 0 Å². The number of hydrogen-bond acceptors (Lipinski definition) is 3. The molecule has 0 spiro atoms. The van der Waals surface area contributed by atoms with E-state index in [0.717, 1.165) is 30.1 Å². The fourth-order valence-corrected chi connectivity index (χ4v) is 10.1. The van der Waals surface area contributed by atoms with E-state index >= 15 is 0 Å². The standard InChI is InChI=1S/C31H56O3/c1-21(2)9-8-10-22(3)25-13-14-26-24-12-11-23-19-31(28(4,5)33,34-18-17-32)20-30(23,7)27(24)15-16-29(25,26)6/h21-27,32-33H,8-20H2,1-7H3/t22-,23+,24+,25-,26+,27+,29-,30+,31-/m1/s1/i4D3/t22-,23+,24+,25-,26+,27+,28?,29-,30+,31-. The van der Waals surface area contributed by atoms with E-state index < -0.39 is 18.1 Å². The Morgan fingerprint density at radius 1 is 1.03 bits per heavy atom. The van der Waals surface area contributed by atoms with Crippen molar-refractivity contribution in [3.8, 4) is 0 Å². The minimum atomic E-state index is -2.54. The third-order valence-corrected chi connectivity index (χ3v) is 11.9. The molecule has 0 radical (unpaired) electrons. The van der Waals surface area contributed by atoms with Gasteiger partial charge in [0.1, 0.15) is 0 Å². The van der Waals surface area contributed by atoms with Gasteiger partial charge in [0.15, 0.2) is 0 Å². The molecule has 0 saturated heterocycles. The molecule has 0 aliphatic heterocycles. The van der Waals surface area contributed by atoms with Crippen molar-refractivity contribution in [3.63, 3.8) is 0 Å². The van der Waals surface area contributed by atoms with E-state index in [1.165, 1.54) is 58.3 Å². The zero-order chi connectivity index (χ0) is 27.4. The highest BCUT2D eigenvalue weighted by Gasteiger charge is 2.66. The van der Waals surface area contributed by atoms with Crippen LogP contribution in [0.15, 0.2) is 0 Å². The van der Waals surface area contributed by atoms with Gasteiger partial charge in [-0.1, -0.05) is 53.9 Å². The molecule has 4 aliphatic rings. The molecule has 4 rings (SSSR count). The highest BCUT2D eigenvalue weighted by Crippen LogP contribution is 2.71. The van der Waals surface area contributed by atoms with Crippen LogP contribution in [0.4, 0.5) is 0 Å². The van der Waals surface area contributed by atoms with Crippen LogP contribution in [0.25, 0.3) is 0 Å². The molecule has 0 aromatic rings. The number of rotatable bonds is 9. The first kappa shape index (κ1) is 23.0. The Kier molecular flexibility index (Phi) is 6.53. The predicted octanol–water partition coefficient (Wildman–Crippen LogP) is 7.24. The molecule has 4 saturated carbocycles. The maximum absolute atomic E-state index is 11.5. The molecule has 0 aromatic heterocycles. The van der Waals surface area contributed by atoms with E-state index in [1.54, 1.807) is 0 Å². The second-order valence-corrected chi connectivity index (χ2v) is 14.2. The normalized spacial score (nSPS) is 48.3. The lowest BCUT2D eigenvalue weighted by molar-refractivity contribution is -0.176. The first-order valence-electron chi connectivity index (χ1n) is 16.1. The van der Waals surface area contributed by atoms with Crippen LogP contribution in [0.5, 0.6) is 0 Å². The third kappa shape index (κ3) is 4.43. The summed E-state index contributed by atoms with van der Waals surface area (Å²) in [7, 11) is 0. The molecule has 2 N–H and O–H groups in total. The molecule has 10 atom stereocenters. The first-order valence-corrected chi connectivity index (χ1v) is 14.6. The van der Waals surface area contributed by atoms with Gasteiger partial charge in [0, 0.05) is 4.11 Å². The van der Waals surface area contributed by atoms with Crippen LogP contribution in [0.1, 0.15) is 123 Å². The summed E-state index contributed by atoms with van der Waals surface area (Å²) >= 11 is 0. The Hall–Kier alpha value is -0.120. The van der Waals surface area contributed by atoms with Crippen LogP contribution >= 0.6 is 0 Å². The molecule has 0 bridgehead atoms. The molecule has 0 aromatic carbocycles. The second-order valence-electron chi connectivity index (χ2n) is 14.2. The van der Waals surface area contributed by atoms with Crippen molar-refractivity contribution in [1.82, 2.24) is 0 Å². The topological polar surface area (TPSA) is 49.7 Å². The van der Waals surface area contributed by atoms with Gasteiger partial charge in [-0.15, -0.1) is 0 Å². The minimum absolute atomic E-state index is 0.0318. The van der Waals surface area contributed by atoms with Crippen molar-refractivity contribution in [2.45, 2.75) is 130 Å². The Bertz CT molecular complexity index is 797. The lowest BCUT2D eigenvalue weighted by atomic mass is 9.47. The first-order chi connectivity index (χ1) is 17.1. The van der Waals surface area contributed by atoms with Gasteiger partial charge in [0.05, 0.1) is 24.4 Å². The van der Waals surface area contributed by atoms with Crippen LogP contribution in [0.2, 0.25) is 0 Å². The largest absolute Gasteiger partial charge is 0.394 e. The van der Waals surface area contributed by atoms with Crippen LogP contribution in [0.3, 0.4) is 0 Å². The molecule has 3 heteroatoms. The molecule has 0 amide bonds. The quantitative estimate of drug-likeness (QED) is 0.366. The maximum Gasteiger partial charge on any atom is 0.0971 e. The van der Waals surface area contributed by atoms with Gasteiger partial charge < -0.3 is 14.9 Å². The van der Waals surface area contributed by atoms with Gasteiger partial charge in [0.2, 0.25) is 0 Å². The van der Waals surface area contributed by atoms with E-state index in [4.69, 9.17) is 8.85 Å². The number of ether oxygens (including phenoxy) is 1. The zero-order valence-corrected chi connectivity index (χ0v) is 23.0. The van der Waals surface area contributed by atoms with Crippen LogP contribution in [0, 0.1) is 52.3 Å². The summed E-state index contributed by atoms with van der Waals surface area (Å²) in [5, 5.41) is 21.1. The highest BCUT2D eigenvalue weighted by molar-refractivity contribution is 5.16. The molecule has 34 heavy (non-hydrogen) atoms. The molecule has 4 fully saturated rings. The fraction of sp³-hybridized carbons (Fsp3) is 1.00. The number of aliphatic hydroxyl groups is 2. The number of aliphatic hydroxyl groups excluding tert-OH is 1. The summed E-state index contributed by atoms with van der Waals surface area (Å²) in [6, 6.07) is 0. The van der Waals surface area contributed by atoms with Crippen molar-refractivity contribution in [2.75, 3.05) is 13.2 Å². The van der Waals surface area contributed by atoms with Crippen molar-refractivity contribution in [3.05, 3.63) is 0 Å². The molecule has 198 valence electrons. The summed E-state index contributed by atoms with van der Waals surface area (Å²) < 4.78 is 30.7. The Morgan fingerprint density at radius 2 is 1.76 bits per heavy atom. The molecule has 0 heterocycles. The van der Waals surface area contributed by atoms with E-state index in [0.29, 0.717) is 36.0 Å². The zero-order valence-electron chi connectivity index (χ0n) is 26.0. The predicted molar refractivity (Wildman–Crippen MR) is 141 cm³/mol. The van der Waals surface area contributed by atoms with Gasteiger partial charge in [-0.2, -0.15) is 0 Å². The number of fused-ring (bicyclic) bond motifs is 5. The molecular weight excluding hydrogens is 420 g/mol. The maximum atomic E-state index is 11.5. The summed E-state index contributed by atoms with van der Waals surface area (Å²) in [5.41, 5.74) is -2.69. The Labute approximate surface area is 215 Å². The lowest BCUT2D eigenvalue weighted by Gasteiger charge is -2.58. The minimum Gasteiger partial charge on any atom is -0.394 e. The molecule has 4 aliphatic carbocycles. The van der Waals surface area contributed by atoms with Crippen molar-refractivity contribution < 1.29 is 19.1 Å². The van der Waals surface area contributed by atoms with Crippen LogP contribution in [-0.4, -0.2) is 34.6 Å². The van der Waals surface area contributed by atoms with Crippen molar-refractivity contribution in [2.24, 2.45) is 52.3 Å². The lowest BCUT2D eigenvalue weighted by Crippen LogP contribution is -2.53. The Morgan fingerprint density at radius 3 is 2.44 bits per heavy atom. The summed E-state index contributed by atoms with van der Waals surface area (Å²) in [5.74, 6) is 4.78. The van der Waals surface area contributed by atoms with E-state index in [9.17, 15) is 10.2 Å². The van der Waals surface area contributed by atoms with Crippen molar-refractivity contribution >= 4 is 0 Å². The molecule has 3 nitrogen and oxygen atoms in total. The number of hydrogen-bond donors (Lipinski definition) is 2. The fourth-order valence-electron chi connectivity index (χ4n) is 10.1. The average Bonchev–Trinajstić information content (AvgIpc) is 3.31. The summed E-state index contributed by atoms with van der Waals surface area (Å²) in [4.78, 5) is 0. The van der Waals surface area contributed by atoms with Crippen molar-refractivity contribution in [1.29, 1.82) is 0 Å². The molecular formula is C31H56O3. The van der Waals surface area contributed by atoms with Gasteiger partial charge in [-0.25, -0.2) is 0 Å². The highest BCUT2D eigenvalue weighted by atomic mass is 16.5. The smallest absolute Gasteiger partial charge is 0.0971 e. The van der Waals surface area contributed by atoms with Crippen LogP contribution in [-0.2, 0) is 4.74 Å². The summed E-state index contributed by atoms with van der Waals surface area (Å²) in [6.07, 6.45) is 12.7. The summed E-state index contributed by atoms with van der Waals surface area (Å²) in [6.45, 7) is 11.0. The van der Waals surface area contributed by atoms with Gasteiger partial charge >= 0.3 is 0 Å². The Balaban J connectivity index is 1.56. The molecule has 1 unspecified atom stereocenters. The SMILES string of the molecule is [2H]C([2H])([2H])C(C)(O)[C@@]1(OCCO)C[C@@H]2CC[C@@H]3[C@H](CC[C@]4(C)[C@@H]([C@H](C)CCCC(C)C)CC[C@@H]34)[C@@]2(C)C1. The van der Waals surface area contributed by atoms with Gasteiger partial charge in [-0.3, -0.25) is 0 Å². The monoisotopic (exact) mass is 479 g/mol. The van der Waals surface area contributed by atoms with E-state index in [-0.39, 0.29) is 18.6 Å². The van der Waals surface area contributed by atoms with E-state index in [2.05, 4.69) is 34.6 Å². The van der Waals surface area contributed by atoms with Gasteiger partial charge in [0.25, 0.3) is 0 Å². The average molecular weight is 480 g/mol.